The summed E-state index contributed by atoms with van der Waals surface area (Å²) >= 11 is 6.22. The van der Waals surface area contributed by atoms with Gasteiger partial charge < -0.3 is 19.3 Å². The lowest BCUT2D eigenvalue weighted by molar-refractivity contribution is -0.146. The van der Waals surface area contributed by atoms with Crippen molar-refractivity contribution in [1.29, 1.82) is 0 Å². The largest absolute Gasteiger partial charge is 0.495 e. The van der Waals surface area contributed by atoms with E-state index in [0.717, 1.165) is 6.42 Å². The third-order valence-electron chi connectivity index (χ3n) is 3.44. The maximum atomic E-state index is 11.4. The number of hydrogen-bond donors (Lipinski definition) is 1. The zero-order valence-electron chi connectivity index (χ0n) is 12.4. The van der Waals surface area contributed by atoms with Crippen molar-refractivity contribution in [2.24, 2.45) is 5.41 Å². The first-order chi connectivity index (χ1) is 9.86. The van der Waals surface area contributed by atoms with E-state index in [1.54, 1.807) is 19.9 Å². The fourth-order valence-electron chi connectivity index (χ4n) is 2.22. The van der Waals surface area contributed by atoms with Crippen molar-refractivity contribution in [2.45, 2.75) is 26.7 Å². The Morgan fingerprint density at radius 1 is 1.43 bits per heavy atom. The second kappa shape index (κ2) is 6.02. The Morgan fingerprint density at radius 3 is 2.71 bits per heavy atom. The van der Waals surface area contributed by atoms with E-state index in [4.69, 9.17) is 25.8 Å². The minimum absolute atomic E-state index is 0.234. The number of carboxylic acids is 1. The maximum absolute atomic E-state index is 11.4. The Morgan fingerprint density at radius 2 is 2.10 bits per heavy atom. The van der Waals surface area contributed by atoms with Gasteiger partial charge in [0.15, 0.2) is 11.5 Å². The number of carboxylic acid groups (broad SMARTS) is 1. The molecule has 2 rings (SSSR count). The quantitative estimate of drug-likeness (QED) is 0.924. The molecule has 0 bridgehead atoms. The molecular formula is C15H19ClO5. The number of ether oxygens (including phenoxy) is 3. The van der Waals surface area contributed by atoms with Gasteiger partial charge in [0.25, 0.3) is 0 Å². The van der Waals surface area contributed by atoms with E-state index in [9.17, 15) is 9.90 Å². The third-order valence-corrected chi connectivity index (χ3v) is 3.72. The number of aliphatic carboxylic acids is 1. The van der Waals surface area contributed by atoms with Crippen LogP contribution in [0.5, 0.6) is 17.2 Å². The monoisotopic (exact) mass is 314 g/mol. The first-order valence-electron chi connectivity index (χ1n) is 6.75. The van der Waals surface area contributed by atoms with Crippen LogP contribution in [0.4, 0.5) is 0 Å². The molecule has 1 aliphatic heterocycles. The van der Waals surface area contributed by atoms with Gasteiger partial charge in [-0.3, -0.25) is 4.79 Å². The van der Waals surface area contributed by atoms with Gasteiger partial charge >= 0.3 is 5.97 Å². The number of hydrogen-bond acceptors (Lipinski definition) is 4. The van der Waals surface area contributed by atoms with Gasteiger partial charge in [-0.15, -0.1) is 0 Å². The van der Waals surface area contributed by atoms with Crippen LogP contribution in [0, 0.1) is 5.41 Å². The fraction of sp³-hybridized carbons (Fsp3) is 0.533. The molecule has 0 radical (unpaired) electrons. The lowest BCUT2D eigenvalue weighted by Crippen LogP contribution is -2.26. The maximum Gasteiger partial charge on any atom is 0.309 e. The zero-order chi connectivity index (χ0) is 15.6. The molecule has 0 saturated heterocycles. The highest BCUT2D eigenvalue weighted by Gasteiger charge is 2.33. The lowest BCUT2D eigenvalue weighted by atomic mass is 9.85. The Labute approximate surface area is 128 Å². The molecule has 5 nitrogen and oxygen atoms in total. The van der Waals surface area contributed by atoms with Crippen LogP contribution in [-0.2, 0) is 11.2 Å². The number of halogens is 1. The summed E-state index contributed by atoms with van der Waals surface area (Å²) in [6.07, 6.45) is 0.994. The second-order valence-electron chi connectivity index (χ2n) is 5.61. The highest BCUT2D eigenvalue weighted by atomic mass is 35.5. The van der Waals surface area contributed by atoms with E-state index < -0.39 is 11.4 Å². The van der Waals surface area contributed by atoms with Gasteiger partial charge in [-0.25, -0.2) is 0 Å². The van der Waals surface area contributed by atoms with Crippen molar-refractivity contribution >= 4 is 17.6 Å². The first kappa shape index (κ1) is 15.8. The first-order valence-corrected chi connectivity index (χ1v) is 7.13. The van der Waals surface area contributed by atoms with Gasteiger partial charge in [-0.05, 0) is 20.3 Å². The highest BCUT2D eigenvalue weighted by Crippen LogP contribution is 2.46. The summed E-state index contributed by atoms with van der Waals surface area (Å²) in [5.74, 6) is 0.612. The van der Waals surface area contributed by atoms with E-state index in [0.29, 0.717) is 41.0 Å². The summed E-state index contributed by atoms with van der Waals surface area (Å²) in [5, 5.41) is 9.74. The van der Waals surface area contributed by atoms with Crippen LogP contribution in [0.25, 0.3) is 0 Å². The Hall–Kier alpha value is -1.62. The molecule has 1 aliphatic rings. The molecule has 1 heterocycles. The van der Waals surface area contributed by atoms with Crippen LogP contribution in [0.15, 0.2) is 6.07 Å². The smallest absolute Gasteiger partial charge is 0.309 e. The van der Waals surface area contributed by atoms with Crippen molar-refractivity contribution in [1.82, 2.24) is 0 Å². The molecule has 0 aromatic heterocycles. The van der Waals surface area contributed by atoms with Crippen molar-refractivity contribution in [3.63, 3.8) is 0 Å². The summed E-state index contributed by atoms with van der Waals surface area (Å²) in [7, 11) is 1.50. The predicted molar refractivity (Wildman–Crippen MR) is 78.7 cm³/mol. The highest BCUT2D eigenvalue weighted by molar-refractivity contribution is 6.32. The fourth-order valence-corrected chi connectivity index (χ4v) is 2.51. The zero-order valence-corrected chi connectivity index (χ0v) is 13.1. The van der Waals surface area contributed by atoms with Crippen LogP contribution in [0.3, 0.4) is 0 Å². The molecule has 0 atom stereocenters. The number of benzene rings is 1. The van der Waals surface area contributed by atoms with Crippen LogP contribution in [-0.4, -0.2) is 31.4 Å². The summed E-state index contributed by atoms with van der Waals surface area (Å²) in [6.45, 7) is 4.36. The molecule has 1 aromatic rings. The van der Waals surface area contributed by atoms with Crippen molar-refractivity contribution < 1.29 is 24.1 Å². The molecule has 0 fully saturated rings. The molecular weight excluding hydrogens is 296 g/mol. The van der Waals surface area contributed by atoms with Gasteiger partial charge in [-0.1, -0.05) is 11.6 Å². The van der Waals surface area contributed by atoms with E-state index >= 15 is 0 Å². The van der Waals surface area contributed by atoms with Gasteiger partial charge in [0.1, 0.15) is 5.75 Å². The summed E-state index contributed by atoms with van der Waals surface area (Å²) in [4.78, 5) is 11.4. The average Bonchev–Trinajstić information content (AvgIpc) is 2.63. The molecule has 0 aliphatic carbocycles. The van der Waals surface area contributed by atoms with Crippen LogP contribution >= 0.6 is 11.6 Å². The number of rotatable bonds is 4. The molecule has 6 heteroatoms. The van der Waals surface area contributed by atoms with E-state index in [2.05, 4.69) is 0 Å². The predicted octanol–water partition coefficient (Wildman–Crippen LogP) is 3.16. The van der Waals surface area contributed by atoms with Crippen LogP contribution < -0.4 is 14.2 Å². The topological polar surface area (TPSA) is 65.0 Å². The average molecular weight is 315 g/mol. The van der Waals surface area contributed by atoms with Gasteiger partial charge in [0.05, 0.1) is 30.8 Å². The van der Waals surface area contributed by atoms with Crippen molar-refractivity contribution in [2.75, 3.05) is 20.3 Å². The molecule has 0 unspecified atom stereocenters. The second-order valence-corrected chi connectivity index (χ2v) is 6.02. The van der Waals surface area contributed by atoms with Gasteiger partial charge in [0.2, 0.25) is 0 Å². The lowest BCUT2D eigenvalue weighted by Gasteiger charge is -2.23. The van der Waals surface area contributed by atoms with Gasteiger partial charge in [0, 0.05) is 18.1 Å². The number of methoxy groups -OCH3 is 1. The Bertz CT molecular complexity index is 553. The molecule has 21 heavy (non-hydrogen) atoms. The number of carbonyl (C=O) groups is 1. The minimum atomic E-state index is -0.971. The van der Waals surface area contributed by atoms with Crippen molar-refractivity contribution in [3.8, 4) is 17.2 Å². The Kier molecular flexibility index (Phi) is 4.52. The third kappa shape index (κ3) is 3.18. The van der Waals surface area contributed by atoms with Crippen LogP contribution in [0.1, 0.15) is 25.8 Å². The molecule has 1 aromatic carbocycles. The van der Waals surface area contributed by atoms with Crippen LogP contribution in [0.2, 0.25) is 5.02 Å². The van der Waals surface area contributed by atoms with E-state index in [-0.39, 0.29) is 6.42 Å². The molecule has 0 saturated carbocycles. The summed E-state index contributed by atoms with van der Waals surface area (Å²) in [5.41, 5.74) is -0.337. The summed E-state index contributed by atoms with van der Waals surface area (Å²) in [6, 6.07) is 1.65. The summed E-state index contributed by atoms with van der Waals surface area (Å²) < 4.78 is 16.7. The van der Waals surface area contributed by atoms with Crippen molar-refractivity contribution in [3.05, 3.63) is 16.7 Å². The normalized spacial score (nSPS) is 14.5. The number of fused-ring (bicyclic) bond motifs is 1. The molecule has 0 spiro atoms. The molecule has 116 valence electrons. The molecule has 1 N–H and O–H groups in total. The SMILES string of the molecule is COc1c(Cl)cc2c(c1CC(C)(C)C(=O)O)OCCCO2. The Balaban J connectivity index is 2.55. The van der Waals surface area contributed by atoms with E-state index in [1.807, 2.05) is 0 Å². The van der Waals surface area contributed by atoms with Gasteiger partial charge in [-0.2, -0.15) is 0 Å². The van der Waals surface area contributed by atoms with E-state index in [1.165, 1.54) is 7.11 Å². The molecule has 0 amide bonds. The standard InChI is InChI=1S/C15H19ClO5/c1-15(2,14(17)18)8-9-12(19-3)10(16)7-11-13(9)21-6-4-5-20-11/h7H,4-6,8H2,1-3H3,(H,17,18). The minimum Gasteiger partial charge on any atom is -0.495 e.